The maximum absolute atomic E-state index is 7.44. The molecule has 2 aliphatic rings. The highest BCUT2D eigenvalue weighted by atomic mass is 16.5. The summed E-state index contributed by atoms with van der Waals surface area (Å²) in [5.74, 6) is 3.51. The minimum Gasteiger partial charge on any atom is -0.497 e. The van der Waals surface area contributed by atoms with Gasteiger partial charge in [0, 0.05) is 39.6 Å². The van der Waals surface area contributed by atoms with Crippen LogP contribution in [-0.2, 0) is 11.0 Å². The summed E-state index contributed by atoms with van der Waals surface area (Å²) in [5, 5.41) is 2.23. The second-order valence-corrected chi connectivity index (χ2v) is 12.1. The van der Waals surface area contributed by atoms with E-state index in [0.29, 0.717) is 23.0 Å². The second-order valence-electron chi connectivity index (χ2n) is 12.1. The van der Waals surface area contributed by atoms with Crippen molar-refractivity contribution in [1.82, 2.24) is 0 Å². The lowest BCUT2D eigenvalue weighted by atomic mass is 9.76. The first-order chi connectivity index (χ1) is 21.2. The lowest BCUT2D eigenvalue weighted by Gasteiger charge is -2.38. The molecule has 0 spiro atoms. The van der Waals surface area contributed by atoms with Crippen molar-refractivity contribution in [3.63, 3.8) is 0 Å². The van der Waals surface area contributed by atoms with Gasteiger partial charge in [-0.1, -0.05) is 68.0 Å². The molecule has 0 bridgehead atoms. The number of ether oxygens (including phenoxy) is 5. The topological polar surface area (TPSA) is 46.2 Å². The zero-order valence-electron chi connectivity index (χ0n) is 26.2. The van der Waals surface area contributed by atoms with E-state index in [1.165, 1.54) is 33.2 Å². The Morgan fingerprint density at radius 3 is 1.73 bits per heavy atom. The lowest BCUT2D eigenvalue weighted by molar-refractivity contribution is 0.161. The number of fused-ring (bicyclic) bond motifs is 8. The monoisotopic (exact) mass is 584 g/mol. The summed E-state index contributed by atoms with van der Waals surface area (Å²) in [6.45, 7) is 6.80. The highest BCUT2D eigenvalue weighted by Crippen LogP contribution is 2.58. The molecule has 5 heteroatoms. The maximum Gasteiger partial charge on any atom is 0.178 e. The fourth-order valence-electron chi connectivity index (χ4n) is 7.07. The average Bonchev–Trinajstić information content (AvgIpc) is 3.29. The highest BCUT2D eigenvalue weighted by molar-refractivity contribution is 6.08. The van der Waals surface area contributed by atoms with E-state index in [9.17, 15) is 0 Å². The Morgan fingerprint density at radius 2 is 1.18 bits per heavy atom. The van der Waals surface area contributed by atoms with E-state index in [1.807, 2.05) is 36.4 Å². The predicted octanol–water partition coefficient (Wildman–Crippen LogP) is 8.84. The average molecular weight is 585 g/mol. The molecule has 5 nitrogen and oxygen atoms in total. The minimum absolute atomic E-state index is 0.225. The standard InChI is InChI=1S/C39H36O5/c1-23-12-13-32-34(16-23)38(2,3)36-33-14-15-39(24-17-26(40-4)21-27(18-24)41-5,25-19-28(42-6)22-29(20-25)43-7)44-37(33)31-11-9-8-10-30(31)35(32)36/h8-22H,1-7H3. The largest absolute Gasteiger partial charge is 0.497 e. The molecule has 0 fully saturated rings. The van der Waals surface area contributed by atoms with Crippen molar-refractivity contribution >= 4 is 16.8 Å². The third kappa shape index (κ3) is 3.99. The number of methoxy groups -OCH3 is 4. The quantitative estimate of drug-likeness (QED) is 0.200. The summed E-state index contributed by atoms with van der Waals surface area (Å²) < 4.78 is 30.3. The van der Waals surface area contributed by atoms with Crippen molar-refractivity contribution in [2.45, 2.75) is 31.8 Å². The lowest BCUT2D eigenvalue weighted by Crippen LogP contribution is -2.35. The van der Waals surface area contributed by atoms with Gasteiger partial charge in [-0.3, -0.25) is 0 Å². The molecule has 0 aromatic heterocycles. The van der Waals surface area contributed by atoms with E-state index in [2.05, 4.69) is 75.4 Å². The second kappa shape index (κ2) is 10.1. The molecular weight excluding hydrogens is 548 g/mol. The van der Waals surface area contributed by atoms with Crippen LogP contribution >= 0.6 is 0 Å². The van der Waals surface area contributed by atoms with E-state index in [-0.39, 0.29) is 5.41 Å². The van der Waals surface area contributed by atoms with Crippen LogP contribution in [0.4, 0.5) is 0 Å². The van der Waals surface area contributed by atoms with Crippen LogP contribution in [0.5, 0.6) is 28.7 Å². The van der Waals surface area contributed by atoms with Gasteiger partial charge >= 0.3 is 0 Å². The molecule has 0 radical (unpaired) electrons. The Hall–Kier alpha value is -4.90. The Kier molecular flexibility index (Phi) is 6.40. The van der Waals surface area contributed by atoms with Gasteiger partial charge in [0.1, 0.15) is 28.7 Å². The van der Waals surface area contributed by atoms with Crippen LogP contribution in [-0.4, -0.2) is 28.4 Å². The molecule has 0 atom stereocenters. The molecule has 222 valence electrons. The van der Waals surface area contributed by atoms with Crippen molar-refractivity contribution in [2.75, 3.05) is 28.4 Å². The Labute approximate surface area is 258 Å². The van der Waals surface area contributed by atoms with Crippen molar-refractivity contribution in [2.24, 2.45) is 0 Å². The Bertz CT molecular complexity index is 1880. The molecule has 0 unspecified atom stereocenters. The van der Waals surface area contributed by atoms with Crippen LogP contribution in [0.15, 0.2) is 84.9 Å². The van der Waals surface area contributed by atoms with Crippen molar-refractivity contribution < 1.29 is 23.7 Å². The summed E-state index contributed by atoms with van der Waals surface area (Å²) in [6.07, 6.45) is 4.39. The summed E-state index contributed by atoms with van der Waals surface area (Å²) in [7, 11) is 6.63. The van der Waals surface area contributed by atoms with Crippen LogP contribution in [0, 0.1) is 6.92 Å². The molecular formula is C39H36O5. The number of rotatable bonds is 6. The third-order valence-electron chi connectivity index (χ3n) is 9.26. The van der Waals surface area contributed by atoms with E-state index < -0.39 is 5.60 Å². The summed E-state index contributed by atoms with van der Waals surface area (Å²) in [4.78, 5) is 0. The molecule has 1 aliphatic carbocycles. The van der Waals surface area contributed by atoms with Crippen LogP contribution in [0.25, 0.3) is 28.0 Å². The molecule has 5 aromatic rings. The van der Waals surface area contributed by atoms with Gasteiger partial charge in [0.15, 0.2) is 5.60 Å². The number of hydrogen-bond donors (Lipinski definition) is 0. The van der Waals surface area contributed by atoms with E-state index in [1.54, 1.807) is 28.4 Å². The van der Waals surface area contributed by atoms with Crippen LogP contribution in [0.3, 0.4) is 0 Å². The van der Waals surface area contributed by atoms with Gasteiger partial charge < -0.3 is 23.7 Å². The Morgan fingerprint density at radius 1 is 0.636 bits per heavy atom. The molecule has 7 rings (SSSR count). The smallest absolute Gasteiger partial charge is 0.178 e. The van der Waals surface area contributed by atoms with E-state index in [0.717, 1.165) is 27.8 Å². The van der Waals surface area contributed by atoms with Gasteiger partial charge in [0.25, 0.3) is 0 Å². The summed E-state index contributed by atoms with van der Waals surface area (Å²) in [6, 6.07) is 27.1. The molecule has 0 amide bonds. The zero-order valence-corrected chi connectivity index (χ0v) is 26.2. The molecule has 0 saturated heterocycles. The van der Waals surface area contributed by atoms with Crippen LogP contribution in [0.1, 0.15) is 47.2 Å². The van der Waals surface area contributed by atoms with E-state index >= 15 is 0 Å². The third-order valence-corrected chi connectivity index (χ3v) is 9.26. The number of aryl methyl sites for hydroxylation is 1. The van der Waals surface area contributed by atoms with Gasteiger partial charge in [-0.05, 0) is 64.9 Å². The SMILES string of the molecule is COc1cc(OC)cc(C2(c3cc(OC)cc(OC)c3)C=Cc3c4c(c5ccccc5c3O2)-c2ccc(C)cc2C4(C)C)c1. The molecule has 1 aliphatic heterocycles. The first kappa shape index (κ1) is 27.9. The first-order valence-corrected chi connectivity index (χ1v) is 14.8. The predicted molar refractivity (Wildman–Crippen MR) is 176 cm³/mol. The minimum atomic E-state index is -1.06. The number of hydrogen-bond acceptors (Lipinski definition) is 5. The number of benzene rings is 5. The summed E-state index contributed by atoms with van der Waals surface area (Å²) >= 11 is 0. The van der Waals surface area contributed by atoms with Gasteiger partial charge in [0.05, 0.1) is 28.4 Å². The van der Waals surface area contributed by atoms with E-state index in [4.69, 9.17) is 23.7 Å². The van der Waals surface area contributed by atoms with Gasteiger partial charge in [-0.15, -0.1) is 0 Å². The highest BCUT2D eigenvalue weighted by Gasteiger charge is 2.45. The molecule has 44 heavy (non-hydrogen) atoms. The maximum atomic E-state index is 7.44. The van der Waals surface area contributed by atoms with Crippen molar-refractivity contribution in [3.8, 4) is 39.9 Å². The van der Waals surface area contributed by atoms with Crippen LogP contribution in [0.2, 0.25) is 0 Å². The fourth-order valence-corrected chi connectivity index (χ4v) is 7.07. The Balaban J connectivity index is 1.57. The fraction of sp³-hybridized carbons (Fsp3) is 0.231. The molecule has 1 heterocycles. The first-order valence-electron chi connectivity index (χ1n) is 14.8. The van der Waals surface area contributed by atoms with Crippen molar-refractivity contribution in [1.29, 1.82) is 0 Å². The van der Waals surface area contributed by atoms with Crippen LogP contribution < -0.4 is 23.7 Å². The molecule has 0 saturated carbocycles. The normalized spacial score (nSPS) is 15.2. The zero-order chi connectivity index (χ0) is 30.8. The summed E-state index contributed by atoms with van der Waals surface area (Å²) in [5.41, 5.74) is 7.97. The van der Waals surface area contributed by atoms with Gasteiger partial charge in [-0.2, -0.15) is 0 Å². The van der Waals surface area contributed by atoms with Crippen molar-refractivity contribution in [3.05, 3.63) is 118 Å². The molecule has 5 aromatic carbocycles. The van der Waals surface area contributed by atoms with Gasteiger partial charge in [-0.25, -0.2) is 0 Å². The molecule has 0 N–H and O–H groups in total. The van der Waals surface area contributed by atoms with Gasteiger partial charge in [0.2, 0.25) is 0 Å².